The molecule has 32 heavy (non-hydrogen) atoms. The monoisotopic (exact) mass is 533 g/mol. The maximum Gasteiger partial charge on any atom is 0.163 e. The maximum absolute atomic E-state index is 13.1. The molecule has 1 saturated heterocycles. The van der Waals surface area contributed by atoms with Crippen LogP contribution in [0.1, 0.15) is 24.5 Å². The molecule has 1 aliphatic heterocycles. The van der Waals surface area contributed by atoms with Crippen molar-refractivity contribution in [2.75, 3.05) is 19.6 Å². The van der Waals surface area contributed by atoms with Gasteiger partial charge in [-0.2, -0.15) is 0 Å². The first-order chi connectivity index (χ1) is 14.7. The number of rotatable bonds is 6. The Kier molecular flexibility index (Phi) is 10.1. The number of aliphatic hydroxyl groups is 1. The third-order valence-corrected chi connectivity index (χ3v) is 7.03. The summed E-state index contributed by atoms with van der Waals surface area (Å²) in [6.45, 7) is 4.04. The van der Waals surface area contributed by atoms with Gasteiger partial charge in [0.05, 0.1) is 31.6 Å². The number of likely N-dealkylation sites (tertiary alicyclic amines) is 1. The maximum atomic E-state index is 13.1. The third-order valence-electron chi connectivity index (χ3n) is 5.56. The van der Waals surface area contributed by atoms with Gasteiger partial charge in [-0.1, -0.05) is 83.7 Å². The van der Waals surface area contributed by atoms with Gasteiger partial charge < -0.3 is 10.0 Å². The van der Waals surface area contributed by atoms with Gasteiger partial charge in [-0.3, -0.25) is 4.79 Å². The lowest BCUT2D eigenvalue weighted by molar-refractivity contribution is -0.129. The molecule has 0 amide bonds. The minimum absolute atomic E-state index is 0. The molecule has 172 valence electrons. The smallest absolute Gasteiger partial charge is 0.163 e. The molecule has 0 spiro atoms. The van der Waals surface area contributed by atoms with E-state index in [1.165, 1.54) is 6.08 Å². The zero-order valence-corrected chi connectivity index (χ0v) is 21.2. The second-order valence-electron chi connectivity index (χ2n) is 7.60. The fourth-order valence-corrected chi connectivity index (χ4v) is 4.22. The van der Waals surface area contributed by atoms with E-state index in [1.807, 2.05) is 13.0 Å². The molecule has 2 atom stereocenters. The highest BCUT2D eigenvalue weighted by atomic mass is 35.5. The van der Waals surface area contributed by atoms with E-state index < -0.39 is 11.5 Å². The molecule has 8 heteroatoms. The average Bonchev–Trinajstić information content (AvgIpc) is 2.75. The van der Waals surface area contributed by atoms with Gasteiger partial charge in [-0.05, 0) is 54.4 Å². The van der Waals surface area contributed by atoms with Gasteiger partial charge >= 0.3 is 0 Å². The molecule has 2 aromatic rings. The molecule has 0 radical (unpaired) electrons. The van der Waals surface area contributed by atoms with Crippen molar-refractivity contribution < 1.29 is 9.90 Å². The number of halogens is 5. The molecule has 0 bridgehead atoms. The van der Waals surface area contributed by atoms with Crippen LogP contribution in [0.4, 0.5) is 0 Å². The molecule has 2 unspecified atom stereocenters. The van der Waals surface area contributed by atoms with E-state index in [9.17, 15) is 9.90 Å². The number of piperidine rings is 1. The second kappa shape index (κ2) is 11.9. The van der Waals surface area contributed by atoms with Crippen molar-refractivity contribution in [1.82, 2.24) is 4.90 Å². The number of benzene rings is 2. The first kappa shape index (κ1) is 27.2. The van der Waals surface area contributed by atoms with E-state index in [4.69, 9.17) is 46.4 Å². The predicted octanol–water partition coefficient (Wildman–Crippen LogP) is 7.09. The minimum atomic E-state index is -1.27. The van der Waals surface area contributed by atoms with Crippen molar-refractivity contribution in [1.29, 1.82) is 0 Å². The Morgan fingerprint density at radius 2 is 1.59 bits per heavy atom. The third kappa shape index (κ3) is 6.74. The van der Waals surface area contributed by atoms with Gasteiger partial charge in [0.1, 0.15) is 0 Å². The number of hydrogen-bond acceptors (Lipinski definition) is 3. The van der Waals surface area contributed by atoms with Crippen LogP contribution >= 0.6 is 58.8 Å². The zero-order valence-electron chi connectivity index (χ0n) is 17.4. The summed E-state index contributed by atoms with van der Waals surface area (Å²) in [5.41, 5.74) is 0.302. The Balaban J connectivity index is 0.00000363. The Hall–Kier alpha value is -1.04. The highest BCUT2D eigenvalue weighted by Crippen LogP contribution is 2.32. The minimum Gasteiger partial charge on any atom is -0.385 e. The van der Waals surface area contributed by atoms with Gasteiger partial charge in [0.2, 0.25) is 0 Å². The summed E-state index contributed by atoms with van der Waals surface area (Å²) in [5.74, 6) is -0.746. The Morgan fingerprint density at radius 1 is 1.03 bits per heavy atom. The van der Waals surface area contributed by atoms with Crippen LogP contribution in [0.3, 0.4) is 0 Å². The Labute approximate surface area is 215 Å². The average molecular weight is 536 g/mol. The Bertz CT molecular complexity index is 1020. The molecular weight excluding hydrogens is 512 g/mol. The fourth-order valence-electron chi connectivity index (χ4n) is 3.61. The lowest BCUT2D eigenvalue weighted by atomic mass is 9.77. The van der Waals surface area contributed by atoms with E-state index >= 15 is 0 Å². The van der Waals surface area contributed by atoms with Gasteiger partial charge in [0.25, 0.3) is 0 Å². The predicted molar refractivity (Wildman–Crippen MR) is 138 cm³/mol. The van der Waals surface area contributed by atoms with E-state index in [2.05, 4.69) is 4.90 Å². The molecule has 0 aliphatic carbocycles. The van der Waals surface area contributed by atoms with Crippen LogP contribution in [-0.2, 0) is 4.79 Å². The van der Waals surface area contributed by atoms with Crippen LogP contribution in [-0.4, -0.2) is 41.0 Å². The van der Waals surface area contributed by atoms with Crippen molar-refractivity contribution in [3.8, 4) is 0 Å². The first-order valence-corrected chi connectivity index (χ1v) is 11.5. The number of allylic oxidation sites excluding steroid dienone is 1. The van der Waals surface area contributed by atoms with Gasteiger partial charge in [-0.25, -0.2) is 0 Å². The number of hydrogen-bond donors (Lipinski definition) is 1. The second-order valence-corrected chi connectivity index (χ2v) is 9.23. The fraction of sp³-hybridized carbons (Fsp3) is 0.292. The first-order valence-electron chi connectivity index (χ1n) is 9.98. The SMILES string of the molecule is CCN1CCC(O)(/C=C/c2ccc(Cl)c(Cl)c2)C(C(=O)/C=C/c2ccc(Cl)c(Cl)c2)C1.Cl. The molecule has 1 N–H and O–H groups in total. The van der Waals surface area contributed by atoms with Crippen molar-refractivity contribution in [3.63, 3.8) is 0 Å². The molecule has 1 fully saturated rings. The molecule has 1 heterocycles. The van der Waals surface area contributed by atoms with Crippen molar-refractivity contribution in [2.24, 2.45) is 5.92 Å². The molecule has 0 saturated carbocycles. The summed E-state index contributed by atoms with van der Waals surface area (Å²) in [5, 5.41) is 13.2. The quantitative estimate of drug-likeness (QED) is 0.402. The highest BCUT2D eigenvalue weighted by Gasteiger charge is 2.42. The summed E-state index contributed by atoms with van der Waals surface area (Å²) < 4.78 is 0. The van der Waals surface area contributed by atoms with Crippen LogP contribution in [0.5, 0.6) is 0 Å². The standard InChI is InChI=1S/C24H23Cl4NO2.ClH/c1-2-29-12-11-24(31,10-9-17-4-7-20(26)22(28)14-17)18(15-29)23(30)8-5-16-3-6-19(25)21(27)13-16;/h3-10,13-14,18,31H,2,11-12,15H2,1H3;1H/b8-5+,10-9+;. The largest absolute Gasteiger partial charge is 0.385 e. The van der Waals surface area contributed by atoms with Crippen LogP contribution in [0.2, 0.25) is 20.1 Å². The van der Waals surface area contributed by atoms with Gasteiger partial charge in [-0.15, -0.1) is 12.4 Å². The molecule has 1 aliphatic rings. The number of carbonyl (C=O) groups excluding carboxylic acids is 1. The molecular formula is C24H24Cl5NO2. The van der Waals surface area contributed by atoms with Gasteiger partial charge in [0, 0.05) is 13.1 Å². The Morgan fingerprint density at radius 3 is 2.12 bits per heavy atom. The lowest BCUT2D eigenvalue weighted by Gasteiger charge is -2.41. The van der Waals surface area contributed by atoms with E-state index in [1.54, 1.807) is 48.6 Å². The molecule has 3 nitrogen and oxygen atoms in total. The normalized spacial score (nSPS) is 21.8. The highest BCUT2D eigenvalue weighted by molar-refractivity contribution is 6.42. The van der Waals surface area contributed by atoms with Crippen LogP contribution in [0.25, 0.3) is 12.2 Å². The van der Waals surface area contributed by atoms with E-state index in [-0.39, 0.29) is 18.2 Å². The number of nitrogens with zero attached hydrogens (tertiary/aromatic N) is 1. The van der Waals surface area contributed by atoms with Crippen LogP contribution in [0.15, 0.2) is 48.6 Å². The number of carbonyl (C=O) groups is 1. The van der Waals surface area contributed by atoms with Crippen LogP contribution in [0, 0.1) is 5.92 Å². The summed E-state index contributed by atoms with van der Waals surface area (Å²) >= 11 is 24.1. The van der Waals surface area contributed by atoms with E-state index in [0.29, 0.717) is 39.6 Å². The summed E-state index contributed by atoms with van der Waals surface area (Å²) in [6, 6.07) is 10.4. The van der Waals surface area contributed by atoms with E-state index in [0.717, 1.165) is 17.7 Å². The van der Waals surface area contributed by atoms with Crippen molar-refractivity contribution in [2.45, 2.75) is 18.9 Å². The summed E-state index contributed by atoms with van der Waals surface area (Å²) in [6.07, 6.45) is 7.14. The molecule has 3 rings (SSSR count). The number of ketones is 1. The van der Waals surface area contributed by atoms with Gasteiger partial charge in [0.15, 0.2) is 5.78 Å². The van der Waals surface area contributed by atoms with Crippen LogP contribution < -0.4 is 0 Å². The van der Waals surface area contributed by atoms with Crippen molar-refractivity contribution in [3.05, 3.63) is 79.8 Å². The zero-order chi connectivity index (χ0) is 22.6. The topological polar surface area (TPSA) is 40.5 Å². The summed E-state index contributed by atoms with van der Waals surface area (Å²) in [4.78, 5) is 15.3. The molecule has 0 aromatic heterocycles. The summed E-state index contributed by atoms with van der Waals surface area (Å²) in [7, 11) is 0. The molecule has 2 aromatic carbocycles. The van der Waals surface area contributed by atoms with Crippen molar-refractivity contribution >= 4 is 76.7 Å². The lowest BCUT2D eigenvalue weighted by Crippen LogP contribution is -2.53.